The maximum absolute atomic E-state index is 4.21. The van der Waals surface area contributed by atoms with Gasteiger partial charge in [-0.15, -0.1) is 0 Å². The summed E-state index contributed by atoms with van der Waals surface area (Å²) in [7, 11) is 0. The Morgan fingerprint density at radius 1 is 1.40 bits per heavy atom. The molecule has 2 aromatic heterocycles. The molecule has 0 amide bonds. The van der Waals surface area contributed by atoms with E-state index in [4.69, 9.17) is 0 Å². The zero-order chi connectivity index (χ0) is 10.1. The molecule has 0 aromatic carbocycles. The van der Waals surface area contributed by atoms with Crippen LogP contribution in [0.15, 0.2) is 30.6 Å². The summed E-state index contributed by atoms with van der Waals surface area (Å²) < 4.78 is 0. The van der Waals surface area contributed by atoms with E-state index in [0.29, 0.717) is 6.04 Å². The lowest BCUT2D eigenvalue weighted by molar-refractivity contribution is 1.05. The minimum atomic E-state index is 0.634. The third-order valence-corrected chi connectivity index (χ3v) is 2.48. The molecule has 0 bridgehead atoms. The van der Waals surface area contributed by atoms with Crippen LogP contribution in [0.2, 0.25) is 0 Å². The average molecular weight is 200 g/mol. The summed E-state index contributed by atoms with van der Waals surface area (Å²) in [4.78, 5) is 4.08. The van der Waals surface area contributed by atoms with Crippen molar-refractivity contribution in [1.82, 2.24) is 15.2 Å². The van der Waals surface area contributed by atoms with Crippen molar-refractivity contribution < 1.29 is 0 Å². The predicted octanol–water partition coefficient (Wildman–Crippen LogP) is 2.05. The van der Waals surface area contributed by atoms with E-state index in [9.17, 15) is 0 Å². The molecule has 0 radical (unpaired) electrons. The van der Waals surface area contributed by atoms with Crippen molar-refractivity contribution in [2.24, 2.45) is 0 Å². The SMILES string of the molecule is c1cncc(-c2cc(NC3CC3)n[nH]2)c1. The summed E-state index contributed by atoms with van der Waals surface area (Å²) in [5.74, 6) is 0.927. The highest BCUT2D eigenvalue weighted by atomic mass is 15.2. The van der Waals surface area contributed by atoms with Crippen molar-refractivity contribution in [3.8, 4) is 11.3 Å². The van der Waals surface area contributed by atoms with Crippen molar-refractivity contribution in [2.75, 3.05) is 5.32 Å². The van der Waals surface area contributed by atoms with Crippen LogP contribution in [-0.4, -0.2) is 21.2 Å². The lowest BCUT2D eigenvalue weighted by Gasteiger charge is -1.95. The quantitative estimate of drug-likeness (QED) is 0.797. The van der Waals surface area contributed by atoms with Crippen LogP contribution in [0, 0.1) is 0 Å². The molecular formula is C11H12N4. The lowest BCUT2D eigenvalue weighted by atomic mass is 10.2. The van der Waals surface area contributed by atoms with Gasteiger partial charge in [-0.2, -0.15) is 5.10 Å². The lowest BCUT2D eigenvalue weighted by Crippen LogP contribution is -2.00. The van der Waals surface area contributed by atoms with Gasteiger partial charge in [-0.1, -0.05) is 0 Å². The van der Waals surface area contributed by atoms with Crippen LogP contribution in [0.3, 0.4) is 0 Å². The Kier molecular flexibility index (Phi) is 1.91. The van der Waals surface area contributed by atoms with Crippen molar-refractivity contribution in [3.05, 3.63) is 30.6 Å². The zero-order valence-electron chi connectivity index (χ0n) is 8.27. The van der Waals surface area contributed by atoms with Crippen molar-refractivity contribution >= 4 is 5.82 Å². The molecule has 1 saturated carbocycles. The molecule has 15 heavy (non-hydrogen) atoms. The Balaban J connectivity index is 1.83. The summed E-state index contributed by atoms with van der Waals surface area (Å²) in [6.07, 6.45) is 6.11. The van der Waals surface area contributed by atoms with Gasteiger partial charge in [0.2, 0.25) is 0 Å². The largest absolute Gasteiger partial charge is 0.366 e. The first-order chi connectivity index (χ1) is 7.42. The normalized spacial score (nSPS) is 15.2. The molecule has 2 heterocycles. The molecule has 0 atom stereocenters. The van der Waals surface area contributed by atoms with Gasteiger partial charge in [0, 0.05) is 30.1 Å². The molecule has 0 saturated heterocycles. The maximum Gasteiger partial charge on any atom is 0.148 e. The number of aromatic amines is 1. The van der Waals surface area contributed by atoms with E-state index >= 15 is 0 Å². The first-order valence-corrected chi connectivity index (χ1v) is 5.14. The van der Waals surface area contributed by atoms with E-state index in [1.54, 1.807) is 6.20 Å². The molecular weight excluding hydrogens is 188 g/mol. The summed E-state index contributed by atoms with van der Waals surface area (Å²) in [6.45, 7) is 0. The Labute approximate surface area is 87.7 Å². The summed E-state index contributed by atoms with van der Waals surface area (Å²) in [5, 5.41) is 10.6. The van der Waals surface area contributed by atoms with Crippen LogP contribution in [0.5, 0.6) is 0 Å². The number of pyridine rings is 1. The topological polar surface area (TPSA) is 53.6 Å². The van der Waals surface area contributed by atoms with Gasteiger partial charge in [0.25, 0.3) is 0 Å². The van der Waals surface area contributed by atoms with Crippen molar-refractivity contribution in [1.29, 1.82) is 0 Å². The predicted molar refractivity (Wildman–Crippen MR) is 58.5 cm³/mol. The molecule has 1 aliphatic carbocycles. The second-order valence-corrected chi connectivity index (χ2v) is 3.83. The van der Waals surface area contributed by atoms with Crippen molar-refractivity contribution in [2.45, 2.75) is 18.9 Å². The highest BCUT2D eigenvalue weighted by molar-refractivity contribution is 5.61. The standard InChI is InChI=1S/C11H12N4/c1-2-8(7-12-5-1)10-6-11(15-14-10)13-9-3-4-9/h1-2,5-7,9H,3-4H2,(H2,13,14,15). The van der Waals surface area contributed by atoms with E-state index in [-0.39, 0.29) is 0 Å². The molecule has 2 N–H and O–H groups in total. The van der Waals surface area contributed by atoms with Gasteiger partial charge in [0.05, 0.1) is 5.69 Å². The van der Waals surface area contributed by atoms with Crippen LogP contribution >= 0.6 is 0 Å². The molecule has 1 fully saturated rings. The maximum atomic E-state index is 4.21. The number of hydrogen-bond acceptors (Lipinski definition) is 3. The number of aromatic nitrogens is 3. The second-order valence-electron chi connectivity index (χ2n) is 3.83. The average Bonchev–Trinajstić information content (AvgIpc) is 2.96. The first kappa shape index (κ1) is 8.47. The minimum Gasteiger partial charge on any atom is -0.366 e. The van der Waals surface area contributed by atoms with Gasteiger partial charge >= 0.3 is 0 Å². The van der Waals surface area contributed by atoms with Gasteiger partial charge in [0.1, 0.15) is 5.82 Å². The van der Waals surface area contributed by atoms with Crippen molar-refractivity contribution in [3.63, 3.8) is 0 Å². The number of hydrogen-bond donors (Lipinski definition) is 2. The zero-order valence-corrected chi connectivity index (χ0v) is 8.27. The van der Waals surface area contributed by atoms with E-state index in [1.165, 1.54) is 12.8 Å². The Hall–Kier alpha value is -1.84. The number of H-pyrrole nitrogens is 1. The van der Waals surface area contributed by atoms with Gasteiger partial charge in [-0.3, -0.25) is 10.1 Å². The molecule has 0 unspecified atom stereocenters. The third kappa shape index (κ3) is 1.83. The highest BCUT2D eigenvalue weighted by Crippen LogP contribution is 2.25. The molecule has 76 valence electrons. The third-order valence-electron chi connectivity index (χ3n) is 2.48. The van der Waals surface area contributed by atoms with Crippen LogP contribution in [0.4, 0.5) is 5.82 Å². The Bertz CT molecular complexity index is 445. The molecule has 4 nitrogen and oxygen atoms in total. The number of anilines is 1. The first-order valence-electron chi connectivity index (χ1n) is 5.14. The Morgan fingerprint density at radius 3 is 3.07 bits per heavy atom. The minimum absolute atomic E-state index is 0.634. The molecule has 4 heteroatoms. The van der Waals surface area contributed by atoms with Gasteiger partial charge in [0.15, 0.2) is 0 Å². The molecule has 0 spiro atoms. The second kappa shape index (κ2) is 3.38. The Morgan fingerprint density at radius 2 is 2.33 bits per heavy atom. The molecule has 3 rings (SSSR count). The summed E-state index contributed by atoms with van der Waals surface area (Å²) >= 11 is 0. The van der Waals surface area contributed by atoms with Crippen LogP contribution in [-0.2, 0) is 0 Å². The van der Waals surface area contributed by atoms with E-state index in [0.717, 1.165) is 17.1 Å². The van der Waals surface area contributed by atoms with Gasteiger partial charge in [-0.05, 0) is 25.0 Å². The van der Waals surface area contributed by atoms with Crippen LogP contribution in [0.25, 0.3) is 11.3 Å². The van der Waals surface area contributed by atoms with E-state index in [2.05, 4.69) is 20.5 Å². The molecule has 0 aliphatic heterocycles. The number of nitrogens with zero attached hydrogens (tertiary/aromatic N) is 2. The van der Waals surface area contributed by atoms with Crippen LogP contribution in [0.1, 0.15) is 12.8 Å². The van der Waals surface area contributed by atoms with E-state index in [1.807, 2.05) is 24.4 Å². The van der Waals surface area contributed by atoms with Gasteiger partial charge < -0.3 is 5.32 Å². The smallest absolute Gasteiger partial charge is 0.148 e. The fraction of sp³-hybridized carbons (Fsp3) is 0.273. The fourth-order valence-corrected chi connectivity index (χ4v) is 1.50. The van der Waals surface area contributed by atoms with E-state index < -0.39 is 0 Å². The van der Waals surface area contributed by atoms with Gasteiger partial charge in [-0.25, -0.2) is 0 Å². The fourth-order valence-electron chi connectivity index (χ4n) is 1.50. The summed E-state index contributed by atoms with van der Waals surface area (Å²) in [5.41, 5.74) is 2.07. The number of nitrogens with one attached hydrogen (secondary N) is 2. The molecule has 1 aliphatic rings. The molecule has 2 aromatic rings. The summed E-state index contributed by atoms with van der Waals surface area (Å²) in [6, 6.07) is 6.59. The number of rotatable bonds is 3. The van der Waals surface area contributed by atoms with Crippen LogP contribution < -0.4 is 5.32 Å². The highest BCUT2D eigenvalue weighted by Gasteiger charge is 2.21. The monoisotopic (exact) mass is 200 g/mol.